The zero-order valence-corrected chi connectivity index (χ0v) is 15.7. The molecule has 1 amide bonds. The fourth-order valence-corrected chi connectivity index (χ4v) is 3.25. The normalized spacial score (nSPS) is 12.1. The van der Waals surface area contributed by atoms with Crippen LogP contribution >= 0.6 is 11.3 Å². The van der Waals surface area contributed by atoms with E-state index >= 15 is 0 Å². The summed E-state index contributed by atoms with van der Waals surface area (Å²) in [5.41, 5.74) is 0.603. The Balaban J connectivity index is 1.67. The molecule has 0 aliphatic heterocycles. The summed E-state index contributed by atoms with van der Waals surface area (Å²) < 4.78 is 6.73. The summed E-state index contributed by atoms with van der Waals surface area (Å²) in [7, 11) is 0. The van der Waals surface area contributed by atoms with E-state index < -0.39 is 12.0 Å². The van der Waals surface area contributed by atoms with Gasteiger partial charge in [0.05, 0.1) is 5.69 Å². The number of thiazole rings is 1. The molecular weight excluding hydrogens is 366 g/mol. The zero-order valence-electron chi connectivity index (χ0n) is 14.9. The van der Waals surface area contributed by atoms with Crippen LogP contribution in [0.5, 0.6) is 0 Å². The van der Waals surface area contributed by atoms with Gasteiger partial charge < -0.3 is 10.1 Å². The maximum atomic E-state index is 12.5. The summed E-state index contributed by atoms with van der Waals surface area (Å²) in [6.07, 6.45) is 1.64. The molecule has 0 radical (unpaired) electrons. The summed E-state index contributed by atoms with van der Waals surface area (Å²) in [6, 6.07) is 9.19. The number of carbonyl (C=O) groups excluding carboxylic acids is 2. The lowest BCUT2D eigenvalue weighted by atomic mass is 10.0. The van der Waals surface area contributed by atoms with Crippen LogP contribution in [-0.4, -0.2) is 27.3 Å². The Hall–Kier alpha value is -3.00. The van der Waals surface area contributed by atoms with E-state index in [9.17, 15) is 14.4 Å². The van der Waals surface area contributed by atoms with Crippen molar-refractivity contribution in [3.63, 3.8) is 0 Å². The van der Waals surface area contributed by atoms with Gasteiger partial charge in [0.25, 0.3) is 11.5 Å². The van der Waals surface area contributed by atoms with Gasteiger partial charge in [-0.05, 0) is 18.1 Å². The van der Waals surface area contributed by atoms with E-state index in [4.69, 9.17) is 4.74 Å². The van der Waals surface area contributed by atoms with E-state index in [1.165, 1.54) is 21.8 Å². The highest BCUT2D eigenvalue weighted by molar-refractivity contribution is 7.15. The topological polar surface area (TPSA) is 89.8 Å². The number of nitrogens with one attached hydrogen (secondary N) is 1. The second-order valence-corrected chi connectivity index (χ2v) is 7.18. The first-order chi connectivity index (χ1) is 13.0. The van der Waals surface area contributed by atoms with Crippen molar-refractivity contribution in [3.05, 3.63) is 69.6 Å². The number of fused-ring (bicyclic) bond motifs is 1. The molecule has 140 valence electrons. The van der Waals surface area contributed by atoms with Crippen LogP contribution in [-0.2, 0) is 16.1 Å². The lowest BCUT2D eigenvalue weighted by Crippen LogP contribution is -2.45. The fraction of sp³-hybridized carbons (Fsp3) is 0.263. The maximum absolute atomic E-state index is 12.5. The highest BCUT2D eigenvalue weighted by Gasteiger charge is 2.26. The third-order valence-corrected chi connectivity index (χ3v) is 4.72. The molecule has 1 aromatic carbocycles. The molecule has 0 bridgehead atoms. The van der Waals surface area contributed by atoms with E-state index in [1.54, 1.807) is 35.8 Å². The number of nitrogens with zero attached hydrogens (tertiary/aromatic N) is 2. The molecule has 0 fully saturated rings. The van der Waals surface area contributed by atoms with Crippen molar-refractivity contribution in [1.29, 1.82) is 0 Å². The third-order valence-electron chi connectivity index (χ3n) is 3.96. The molecular formula is C19H19N3O4S. The number of ether oxygens (including phenoxy) is 1. The molecule has 0 aliphatic rings. The van der Waals surface area contributed by atoms with Crippen LogP contribution in [0.25, 0.3) is 4.96 Å². The van der Waals surface area contributed by atoms with Crippen LogP contribution in [0.3, 0.4) is 0 Å². The molecule has 1 unspecified atom stereocenters. The molecule has 0 aliphatic carbocycles. The van der Waals surface area contributed by atoms with Crippen molar-refractivity contribution >= 4 is 28.2 Å². The number of benzene rings is 1. The van der Waals surface area contributed by atoms with Crippen molar-refractivity contribution < 1.29 is 14.3 Å². The largest absolute Gasteiger partial charge is 0.458 e. The smallest absolute Gasteiger partial charge is 0.329 e. The average Bonchev–Trinajstić information content (AvgIpc) is 3.13. The molecule has 7 nitrogen and oxygen atoms in total. The molecule has 8 heteroatoms. The highest BCUT2D eigenvalue weighted by Crippen LogP contribution is 2.10. The standard InChI is InChI=1S/C19H19N3O4S/c1-12(2)16(21-17(24)13-6-4-3-5-7-13)18(25)26-11-14-10-15(23)22-8-9-27-19(22)20-14/h3-10,12,16H,11H2,1-2H3,(H,21,24). The van der Waals surface area contributed by atoms with Gasteiger partial charge in [0.15, 0.2) is 4.96 Å². The third kappa shape index (κ3) is 4.40. The lowest BCUT2D eigenvalue weighted by Gasteiger charge is -2.20. The molecule has 0 saturated carbocycles. The lowest BCUT2D eigenvalue weighted by molar-refractivity contribution is -0.148. The van der Waals surface area contributed by atoms with Gasteiger partial charge >= 0.3 is 5.97 Å². The molecule has 0 saturated heterocycles. The minimum atomic E-state index is -0.802. The Kier molecular flexibility index (Phi) is 5.66. The first-order valence-corrected chi connectivity index (χ1v) is 9.32. The highest BCUT2D eigenvalue weighted by atomic mass is 32.1. The maximum Gasteiger partial charge on any atom is 0.329 e. The van der Waals surface area contributed by atoms with E-state index in [0.29, 0.717) is 16.2 Å². The van der Waals surface area contributed by atoms with Crippen molar-refractivity contribution in [2.24, 2.45) is 5.92 Å². The van der Waals surface area contributed by atoms with Crippen LogP contribution in [0.2, 0.25) is 0 Å². The van der Waals surface area contributed by atoms with Crippen LogP contribution in [0.4, 0.5) is 0 Å². The molecule has 3 aromatic rings. The first kappa shape index (κ1) is 18.8. The van der Waals surface area contributed by atoms with Gasteiger partial charge in [0.1, 0.15) is 12.6 Å². The van der Waals surface area contributed by atoms with Gasteiger partial charge in [-0.1, -0.05) is 32.0 Å². The number of hydrogen-bond donors (Lipinski definition) is 1. The van der Waals surface area contributed by atoms with Crippen molar-refractivity contribution in [1.82, 2.24) is 14.7 Å². The Morgan fingerprint density at radius 2 is 2.00 bits per heavy atom. The van der Waals surface area contributed by atoms with Crippen molar-refractivity contribution in [2.75, 3.05) is 0 Å². The SMILES string of the molecule is CC(C)C(NC(=O)c1ccccc1)C(=O)OCc1cc(=O)n2ccsc2n1. The summed E-state index contributed by atoms with van der Waals surface area (Å²) in [5.74, 6) is -1.08. The Bertz CT molecular complexity index is 1010. The molecule has 2 heterocycles. The van der Waals surface area contributed by atoms with E-state index in [1.807, 2.05) is 19.9 Å². The quantitative estimate of drug-likeness (QED) is 0.658. The Morgan fingerprint density at radius 1 is 1.26 bits per heavy atom. The number of amides is 1. The number of hydrogen-bond acceptors (Lipinski definition) is 6. The molecule has 27 heavy (non-hydrogen) atoms. The van der Waals surface area contributed by atoms with Gasteiger partial charge in [-0.25, -0.2) is 9.78 Å². The van der Waals surface area contributed by atoms with E-state index in [-0.39, 0.29) is 24.0 Å². The van der Waals surface area contributed by atoms with Crippen LogP contribution in [0.1, 0.15) is 29.9 Å². The first-order valence-electron chi connectivity index (χ1n) is 8.44. The van der Waals surface area contributed by atoms with Crippen LogP contribution in [0, 0.1) is 5.92 Å². The average molecular weight is 385 g/mol. The Morgan fingerprint density at radius 3 is 2.70 bits per heavy atom. The van der Waals surface area contributed by atoms with Gasteiger partial charge in [0, 0.05) is 23.2 Å². The summed E-state index contributed by atoms with van der Waals surface area (Å²) >= 11 is 1.32. The van der Waals surface area contributed by atoms with Gasteiger partial charge in [0.2, 0.25) is 0 Å². The molecule has 0 spiro atoms. The Labute approximate surface area is 159 Å². The minimum Gasteiger partial charge on any atom is -0.458 e. The van der Waals surface area contributed by atoms with E-state index in [2.05, 4.69) is 10.3 Å². The van der Waals surface area contributed by atoms with Gasteiger partial charge in [-0.2, -0.15) is 0 Å². The second-order valence-electron chi connectivity index (χ2n) is 6.31. The van der Waals surface area contributed by atoms with Crippen molar-refractivity contribution in [2.45, 2.75) is 26.5 Å². The minimum absolute atomic E-state index is 0.132. The van der Waals surface area contributed by atoms with E-state index in [0.717, 1.165) is 0 Å². The predicted molar refractivity (Wildman–Crippen MR) is 102 cm³/mol. The van der Waals surface area contributed by atoms with Crippen LogP contribution in [0.15, 0.2) is 52.8 Å². The van der Waals surface area contributed by atoms with Gasteiger partial charge in [-0.15, -0.1) is 11.3 Å². The zero-order chi connectivity index (χ0) is 19.4. The predicted octanol–water partition coefficient (Wildman–Crippen LogP) is 2.25. The van der Waals surface area contributed by atoms with Crippen LogP contribution < -0.4 is 10.9 Å². The summed E-state index contributed by atoms with van der Waals surface area (Å²) in [5, 5.41) is 4.47. The number of carbonyl (C=O) groups is 2. The monoisotopic (exact) mass is 385 g/mol. The molecule has 1 atom stereocenters. The number of rotatable bonds is 6. The molecule has 3 rings (SSSR count). The summed E-state index contributed by atoms with van der Waals surface area (Å²) in [4.78, 5) is 41.6. The number of aromatic nitrogens is 2. The number of esters is 1. The van der Waals surface area contributed by atoms with Gasteiger partial charge in [-0.3, -0.25) is 14.0 Å². The fourth-order valence-electron chi connectivity index (χ4n) is 2.51. The summed E-state index contributed by atoms with van der Waals surface area (Å²) in [6.45, 7) is 3.51. The van der Waals surface area contributed by atoms with Crippen molar-refractivity contribution in [3.8, 4) is 0 Å². The molecule has 2 aromatic heterocycles. The molecule has 1 N–H and O–H groups in total. The second kappa shape index (κ2) is 8.13.